The predicted molar refractivity (Wildman–Crippen MR) is 144 cm³/mol. The van der Waals surface area contributed by atoms with Crippen LogP contribution < -0.4 is 11.1 Å². The number of halogens is 2. The van der Waals surface area contributed by atoms with Crippen LogP contribution in [0.25, 0.3) is 0 Å². The summed E-state index contributed by atoms with van der Waals surface area (Å²) in [5, 5.41) is 12.6. The number of nitrogens with one attached hydrogen (secondary N) is 1. The van der Waals surface area contributed by atoms with E-state index in [2.05, 4.69) is 15.2 Å². The van der Waals surface area contributed by atoms with Crippen LogP contribution in [0.3, 0.4) is 0 Å². The number of ketones is 1. The van der Waals surface area contributed by atoms with E-state index in [0.29, 0.717) is 43.4 Å². The van der Waals surface area contributed by atoms with E-state index < -0.39 is 33.0 Å². The van der Waals surface area contributed by atoms with Crippen molar-refractivity contribution in [2.45, 2.75) is 44.6 Å². The third-order valence-corrected chi connectivity index (χ3v) is 10.3. The van der Waals surface area contributed by atoms with Crippen LogP contribution in [0.1, 0.15) is 53.8 Å². The van der Waals surface area contributed by atoms with E-state index >= 15 is 0 Å². The molecule has 0 spiro atoms. The molecule has 2 saturated heterocycles. The molecule has 0 atom stereocenters. The van der Waals surface area contributed by atoms with Crippen LogP contribution in [0.5, 0.6) is 0 Å². The first-order chi connectivity index (χ1) is 18.2. The Balaban J connectivity index is 1.24. The van der Waals surface area contributed by atoms with E-state index in [9.17, 15) is 22.0 Å². The van der Waals surface area contributed by atoms with Crippen molar-refractivity contribution < 1.29 is 27.1 Å². The second-order valence-corrected chi connectivity index (χ2v) is 13.0. The summed E-state index contributed by atoms with van der Waals surface area (Å²) < 4.78 is 55.4. The number of aromatic nitrogens is 1. The molecular weight excluding hydrogens is 536 g/mol. The number of rotatable bonds is 11. The Kier molecular flexibility index (Phi) is 9.69. The standard InChI is InChI=1S/C25H35F2N5O4S2/c26-19-3-1-4-20(27)21(19)22(34)23-24(28)30-25(37-23)29-18-7-13-32(14-8-18)38(35,36)16-2-10-31-11-5-17(6-12-31)9-15-33/h1,3-4,17-18,33H,2,5-16,28H2,(H,29,30). The molecule has 1 aromatic heterocycles. The maximum Gasteiger partial charge on any atom is 0.214 e. The van der Waals surface area contributed by atoms with Crippen molar-refractivity contribution in [3.8, 4) is 0 Å². The van der Waals surface area contributed by atoms with E-state index in [-0.39, 0.29) is 29.1 Å². The van der Waals surface area contributed by atoms with Crippen molar-refractivity contribution >= 4 is 38.1 Å². The van der Waals surface area contributed by atoms with Crippen LogP contribution in [0.2, 0.25) is 0 Å². The Morgan fingerprint density at radius 1 is 1.13 bits per heavy atom. The number of nitrogen functional groups attached to an aromatic ring is 1. The molecule has 4 rings (SSSR count). The van der Waals surface area contributed by atoms with Crippen LogP contribution >= 0.6 is 11.3 Å². The number of benzene rings is 1. The number of aliphatic hydroxyl groups excluding tert-OH is 1. The number of aliphatic hydroxyl groups is 1. The molecule has 2 aromatic rings. The minimum Gasteiger partial charge on any atom is -0.396 e. The Labute approximate surface area is 226 Å². The Bertz CT molecular complexity index is 1190. The Morgan fingerprint density at radius 3 is 2.42 bits per heavy atom. The van der Waals surface area contributed by atoms with E-state index in [4.69, 9.17) is 10.8 Å². The maximum absolute atomic E-state index is 14.0. The Morgan fingerprint density at radius 2 is 1.79 bits per heavy atom. The van der Waals surface area contributed by atoms with Gasteiger partial charge in [-0.1, -0.05) is 17.4 Å². The van der Waals surface area contributed by atoms with Crippen molar-refractivity contribution in [3.05, 3.63) is 40.3 Å². The first-order valence-corrected chi connectivity index (χ1v) is 15.4. The third kappa shape index (κ3) is 7.06. The highest BCUT2D eigenvalue weighted by molar-refractivity contribution is 7.89. The SMILES string of the molecule is Nc1nc(NC2CCN(S(=O)(=O)CCCN3CCC(CCO)CC3)CC2)sc1C(=O)c1c(F)cccc1F. The lowest BCUT2D eigenvalue weighted by Crippen LogP contribution is -2.43. The van der Waals surface area contributed by atoms with Gasteiger partial charge in [-0.2, -0.15) is 0 Å². The number of hydrogen-bond acceptors (Lipinski definition) is 9. The number of nitrogens with two attached hydrogens (primary N) is 1. The van der Waals surface area contributed by atoms with Gasteiger partial charge in [-0.05, 0) is 76.2 Å². The minimum absolute atomic E-state index is 0.0471. The monoisotopic (exact) mass is 571 g/mol. The summed E-state index contributed by atoms with van der Waals surface area (Å²) in [4.78, 5) is 19.1. The van der Waals surface area contributed by atoms with Gasteiger partial charge in [-0.25, -0.2) is 26.5 Å². The van der Waals surface area contributed by atoms with Gasteiger partial charge in [0.15, 0.2) is 5.13 Å². The molecule has 4 N–H and O–H groups in total. The fraction of sp³-hybridized carbons (Fsp3) is 0.600. The largest absolute Gasteiger partial charge is 0.396 e. The topological polar surface area (TPSA) is 129 Å². The average Bonchev–Trinajstić information content (AvgIpc) is 3.25. The molecule has 0 aliphatic carbocycles. The average molecular weight is 572 g/mol. The zero-order valence-electron chi connectivity index (χ0n) is 21.2. The van der Waals surface area contributed by atoms with Gasteiger partial charge in [0.05, 0.1) is 11.3 Å². The summed E-state index contributed by atoms with van der Waals surface area (Å²) in [5.74, 6) is -2.22. The van der Waals surface area contributed by atoms with Gasteiger partial charge in [0.25, 0.3) is 0 Å². The number of likely N-dealkylation sites (tertiary alicyclic amines) is 1. The molecule has 13 heteroatoms. The van der Waals surface area contributed by atoms with Gasteiger partial charge in [-0.15, -0.1) is 0 Å². The van der Waals surface area contributed by atoms with Gasteiger partial charge in [0.1, 0.15) is 22.3 Å². The number of anilines is 2. The molecule has 2 aliphatic rings. The van der Waals surface area contributed by atoms with Crippen molar-refractivity contribution in [2.24, 2.45) is 5.92 Å². The van der Waals surface area contributed by atoms with Crippen molar-refractivity contribution in [1.29, 1.82) is 0 Å². The maximum atomic E-state index is 14.0. The third-order valence-electron chi connectivity index (χ3n) is 7.35. The van der Waals surface area contributed by atoms with Crippen LogP contribution in [0.4, 0.5) is 19.7 Å². The number of nitrogens with zero attached hydrogens (tertiary/aromatic N) is 3. The summed E-state index contributed by atoms with van der Waals surface area (Å²) in [6, 6.07) is 3.13. The first kappa shape index (κ1) is 28.8. The first-order valence-electron chi connectivity index (χ1n) is 13.0. The second kappa shape index (κ2) is 12.8. The molecule has 210 valence electrons. The molecule has 0 unspecified atom stereocenters. The Hall–Kier alpha value is -2.19. The normalized spacial score (nSPS) is 18.6. The molecule has 2 fully saturated rings. The molecule has 0 saturated carbocycles. The van der Waals surface area contributed by atoms with E-state index in [1.807, 2.05) is 0 Å². The second-order valence-electron chi connectivity index (χ2n) is 9.94. The lowest BCUT2D eigenvalue weighted by atomic mass is 9.94. The number of carbonyl (C=O) groups is 1. The summed E-state index contributed by atoms with van der Waals surface area (Å²) in [6.45, 7) is 3.63. The lowest BCUT2D eigenvalue weighted by Gasteiger charge is -2.33. The zero-order chi connectivity index (χ0) is 27.3. The summed E-state index contributed by atoms with van der Waals surface area (Å²) in [5.41, 5.74) is 5.21. The predicted octanol–water partition coefficient (Wildman–Crippen LogP) is 2.93. The van der Waals surface area contributed by atoms with E-state index in [1.54, 1.807) is 0 Å². The van der Waals surface area contributed by atoms with Gasteiger partial charge in [0, 0.05) is 25.7 Å². The number of carbonyl (C=O) groups excluding carboxylic acids is 1. The number of piperidine rings is 2. The molecule has 3 heterocycles. The van der Waals surface area contributed by atoms with Crippen molar-refractivity contribution in [2.75, 3.05) is 56.1 Å². The summed E-state index contributed by atoms with van der Waals surface area (Å²) in [6.07, 6.45) is 4.64. The highest BCUT2D eigenvalue weighted by atomic mass is 32.2. The van der Waals surface area contributed by atoms with Crippen molar-refractivity contribution in [3.63, 3.8) is 0 Å². The zero-order valence-corrected chi connectivity index (χ0v) is 22.9. The fourth-order valence-electron chi connectivity index (χ4n) is 5.12. The molecule has 38 heavy (non-hydrogen) atoms. The van der Waals surface area contributed by atoms with E-state index in [1.165, 1.54) is 10.4 Å². The van der Waals surface area contributed by atoms with Crippen molar-refractivity contribution in [1.82, 2.24) is 14.2 Å². The molecule has 0 amide bonds. The van der Waals surface area contributed by atoms with Crippen LogP contribution in [0.15, 0.2) is 18.2 Å². The summed E-state index contributed by atoms with van der Waals surface area (Å²) >= 11 is 0.928. The van der Waals surface area contributed by atoms with E-state index in [0.717, 1.165) is 62.4 Å². The molecule has 0 bridgehead atoms. The molecule has 1 aromatic carbocycles. The molecule has 2 aliphatic heterocycles. The highest BCUT2D eigenvalue weighted by Crippen LogP contribution is 2.31. The molecule has 0 radical (unpaired) electrons. The summed E-state index contributed by atoms with van der Waals surface area (Å²) in [7, 11) is -3.36. The highest BCUT2D eigenvalue weighted by Gasteiger charge is 2.30. The van der Waals surface area contributed by atoms with Gasteiger partial charge >= 0.3 is 0 Å². The van der Waals surface area contributed by atoms with Crippen LogP contribution in [-0.4, -0.2) is 84.6 Å². The quantitative estimate of drug-likeness (QED) is 0.351. The van der Waals surface area contributed by atoms with Gasteiger partial charge in [0.2, 0.25) is 15.8 Å². The lowest BCUT2D eigenvalue weighted by molar-refractivity contribution is 0.103. The van der Waals surface area contributed by atoms with Gasteiger partial charge in [-0.3, -0.25) is 4.79 Å². The number of hydrogen-bond donors (Lipinski definition) is 3. The smallest absolute Gasteiger partial charge is 0.214 e. The fourth-order valence-corrected chi connectivity index (χ4v) is 7.55. The molecule has 9 nitrogen and oxygen atoms in total. The van der Waals surface area contributed by atoms with Gasteiger partial charge < -0.3 is 21.1 Å². The number of sulfonamides is 1. The number of thiazole rings is 1. The minimum atomic E-state index is -3.36. The van der Waals surface area contributed by atoms with Crippen LogP contribution in [0, 0.1) is 17.6 Å². The van der Waals surface area contributed by atoms with Crippen LogP contribution in [-0.2, 0) is 10.0 Å². The molecular formula is C25H35F2N5O4S2.